The Hall–Kier alpha value is -0.860. The number of halogens is 1. The highest BCUT2D eigenvalue weighted by Crippen LogP contribution is 2.38. The van der Waals surface area contributed by atoms with E-state index in [1.165, 1.54) is 24.4 Å². The van der Waals surface area contributed by atoms with Gasteiger partial charge in [-0.15, -0.1) is 0 Å². The first kappa shape index (κ1) is 17.5. The zero-order valence-electron chi connectivity index (χ0n) is 11.8. The molecule has 1 heterocycles. The van der Waals surface area contributed by atoms with Crippen molar-refractivity contribution in [1.82, 2.24) is 9.55 Å². The summed E-state index contributed by atoms with van der Waals surface area (Å²) in [6.07, 6.45) is 4.63. The Morgan fingerprint density at radius 3 is 1.88 bits per heavy atom. The Labute approximate surface area is 99.9 Å². The Morgan fingerprint density at radius 1 is 1.19 bits per heavy atom. The zero-order chi connectivity index (χ0) is 13.1. The number of alkyl halides is 1. The predicted molar refractivity (Wildman–Crippen MR) is 69.6 cm³/mol. The molecule has 0 radical (unpaired) electrons. The van der Waals surface area contributed by atoms with Crippen LogP contribution in [0.3, 0.4) is 0 Å². The first-order valence-corrected chi connectivity index (χ1v) is 6.15. The lowest BCUT2D eigenvalue weighted by molar-refractivity contribution is 0.636. The number of hydrogen-bond donors (Lipinski definition) is 0. The molecule has 1 fully saturated rings. The third-order valence-corrected chi connectivity index (χ3v) is 2.20. The summed E-state index contributed by atoms with van der Waals surface area (Å²) in [5.41, 5.74) is 1.27. The Morgan fingerprint density at radius 2 is 1.62 bits per heavy atom. The van der Waals surface area contributed by atoms with Crippen LogP contribution in [-0.4, -0.2) is 16.7 Å². The van der Waals surface area contributed by atoms with Crippen molar-refractivity contribution in [2.45, 2.75) is 53.4 Å². The van der Waals surface area contributed by atoms with Gasteiger partial charge in [-0.25, -0.2) is 4.98 Å². The van der Waals surface area contributed by atoms with Gasteiger partial charge in [0.25, 0.3) is 0 Å². The Balaban J connectivity index is 0. The molecule has 2 rings (SSSR count). The van der Waals surface area contributed by atoms with Crippen molar-refractivity contribution < 1.29 is 4.39 Å². The molecule has 1 saturated carbocycles. The molecule has 0 spiro atoms. The molecule has 16 heavy (non-hydrogen) atoms. The van der Waals surface area contributed by atoms with Crippen LogP contribution in [0.1, 0.15) is 58.0 Å². The van der Waals surface area contributed by atoms with Crippen molar-refractivity contribution in [2.75, 3.05) is 7.18 Å². The van der Waals surface area contributed by atoms with Crippen LogP contribution in [0.15, 0.2) is 6.20 Å². The molecular weight excluding hydrogens is 203 g/mol. The van der Waals surface area contributed by atoms with Gasteiger partial charge in [0, 0.05) is 24.9 Å². The molecule has 0 N–H and O–H groups in total. The van der Waals surface area contributed by atoms with Crippen LogP contribution >= 0.6 is 0 Å². The van der Waals surface area contributed by atoms with Crippen LogP contribution < -0.4 is 0 Å². The molecule has 1 aliphatic rings. The molecule has 0 unspecified atom stereocenters. The van der Waals surface area contributed by atoms with Gasteiger partial charge in [0.2, 0.25) is 0 Å². The summed E-state index contributed by atoms with van der Waals surface area (Å²) in [6.45, 7) is 10.1. The molecule has 0 amide bonds. The molecule has 1 aromatic heterocycles. The van der Waals surface area contributed by atoms with E-state index < -0.39 is 0 Å². The highest BCUT2D eigenvalue weighted by molar-refractivity contribution is 5.11. The molecule has 1 aromatic rings. The molecule has 0 aliphatic heterocycles. The summed E-state index contributed by atoms with van der Waals surface area (Å²) in [7, 11) is 2.59. The van der Waals surface area contributed by atoms with E-state index >= 15 is 0 Å². The topological polar surface area (TPSA) is 17.8 Å². The smallest absolute Gasteiger partial charge is 0.111 e. The first-order valence-electron chi connectivity index (χ1n) is 6.15. The standard InChI is InChI=1S/C8H12N2.2C2H6.CH3F/c1-6-5-9-8(10(6)2)7-3-4-7;3*1-2/h5,7H,3-4H2,1-2H3;2*1-2H3;1H3. The number of imidazole rings is 1. The number of rotatable bonds is 1. The maximum absolute atomic E-state index is 9.50. The fraction of sp³-hybridized carbons (Fsp3) is 0.769. The largest absolute Gasteiger partial charge is 0.335 e. The van der Waals surface area contributed by atoms with Crippen molar-refractivity contribution >= 4 is 0 Å². The maximum atomic E-state index is 9.50. The van der Waals surface area contributed by atoms with E-state index in [4.69, 9.17) is 0 Å². The minimum atomic E-state index is 0.500. The second-order valence-electron chi connectivity index (χ2n) is 3.09. The molecule has 0 bridgehead atoms. The fourth-order valence-corrected chi connectivity index (χ4v) is 1.23. The van der Waals surface area contributed by atoms with Gasteiger partial charge in [0.15, 0.2) is 0 Å². The van der Waals surface area contributed by atoms with Gasteiger partial charge < -0.3 is 4.57 Å². The Kier molecular flexibility index (Phi) is 11.7. The van der Waals surface area contributed by atoms with E-state index in [1.54, 1.807) is 0 Å². The second-order valence-corrected chi connectivity index (χ2v) is 3.09. The van der Waals surface area contributed by atoms with Crippen molar-refractivity contribution in [1.29, 1.82) is 0 Å². The monoisotopic (exact) mass is 230 g/mol. The van der Waals surface area contributed by atoms with Crippen LogP contribution in [0.5, 0.6) is 0 Å². The highest BCUT2D eigenvalue weighted by Gasteiger charge is 2.27. The normalized spacial score (nSPS) is 12.2. The lowest BCUT2D eigenvalue weighted by atomic mass is 10.4. The number of nitrogens with zero attached hydrogens (tertiary/aromatic N) is 2. The molecule has 2 nitrogen and oxygen atoms in total. The molecule has 0 aromatic carbocycles. The van der Waals surface area contributed by atoms with Crippen LogP contribution in [0.25, 0.3) is 0 Å². The maximum Gasteiger partial charge on any atom is 0.111 e. The van der Waals surface area contributed by atoms with E-state index in [1.807, 2.05) is 33.9 Å². The van der Waals surface area contributed by atoms with Crippen molar-refractivity contribution in [3.8, 4) is 0 Å². The predicted octanol–water partition coefficient (Wildman–Crippen LogP) is 4.24. The van der Waals surface area contributed by atoms with E-state index in [-0.39, 0.29) is 0 Å². The van der Waals surface area contributed by atoms with Crippen LogP contribution in [-0.2, 0) is 7.05 Å². The Bertz CT molecular complexity index is 252. The van der Waals surface area contributed by atoms with E-state index in [0.717, 1.165) is 5.92 Å². The van der Waals surface area contributed by atoms with Gasteiger partial charge in [-0.05, 0) is 19.8 Å². The summed E-state index contributed by atoms with van der Waals surface area (Å²) < 4.78 is 11.7. The number of aryl methyl sites for hydroxylation is 1. The summed E-state index contributed by atoms with van der Waals surface area (Å²) >= 11 is 0. The minimum Gasteiger partial charge on any atom is -0.335 e. The second kappa shape index (κ2) is 10.7. The van der Waals surface area contributed by atoms with Gasteiger partial charge in [-0.3, -0.25) is 4.39 Å². The lowest BCUT2D eigenvalue weighted by Crippen LogP contribution is -1.96. The molecule has 1 aliphatic carbocycles. The van der Waals surface area contributed by atoms with Gasteiger partial charge in [-0.2, -0.15) is 0 Å². The highest BCUT2D eigenvalue weighted by atomic mass is 19.1. The SMILES string of the molecule is CC.CC.CF.Cc1cnc(C2CC2)n1C. The average molecular weight is 230 g/mol. The third kappa shape index (κ3) is 5.29. The lowest BCUT2D eigenvalue weighted by Gasteiger charge is -1.98. The molecule has 3 heteroatoms. The first-order chi connectivity index (χ1) is 7.79. The van der Waals surface area contributed by atoms with Gasteiger partial charge in [-0.1, -0.05) is 27.7 Å². The number of aromatic nitrogens is 2. The summed E-state index contributed by atoms with van der Waals surface area (Å²) in [4.78, 5) is 4.34. The van der Waals surface area contributed by atoms with Crippen molar-refractivity contribution in [2.24, 2.45) is 7.05 Å². The summed E-state index contributed by atoms with van der Waals surface area (Å²) in [6, 6.07) is 0. The number of hydrogen-bond acceptors (Lipinski definition) is 1. The summed E-state index contributed by atoms with van der Waals surface area (Å²) in [5, 5.41) is 0. The van der Waals surface area contributed by atoms with Crippen LogP contribution in [0.4, 0.5) is 4.39 Å². The fourth-order valence-electron chi connectivity index (χ4n) is 1.23. The van der Waals surface area contributed by atoms with Gasteiger partial charge in [0.05, 0.1) is 7.18 Å². The molecular formula is C13H27FN2. The van der Waals surface area contributed by atoms with E-state index in [9.17, 15) is 4.39 Å². The van der Waals surface area contributed by atoms with Crippen LogP contribution in [0, 0.1) is 6.92 Å². The van der Waals surface area contributed by atoms with Crippen molar-refractivity contribution in [3.05, 3.63) is 17.7 Å². The quantitative estimate of drug-likeness (QED) is 0.705. The summed E-state index contributed by atoms with van der Waals surface area (Å²) in [5.74, 6) is 2.05. The zero-order valence-corrected chi connectivity index (χ0v) is 11.8. The minimum absolute atomic E-state index is 0.500. The van der Waals surface area contributed by atoms with Gasteiger partial charge in [0.1, 0.15) is 5.82 Å². The van der Waals surface area contributed by atoms with E-state index in [0.29, 0.717) is 7.18 Å². The molecule has 96 valence electrons. The average Bonchev–Trinajstić information content (AvgIpc) is 3.16. The molecule has 0 atom stereocenters. The van der Waals surface area contributed by atoms with Gasteiger partial charge >= 0.3 is 0 Å². The third-order valence-electron chi connectivity index (χ3n) is 2.20. The van der Waals surface area contributed by atoms with Crippen molar-refractivity contribution in [3.63, 3.8) is 0 Å². The van der Waals surface area contributed by atoms with E-state index in [2.05, 4.69) is 23.5 Å². The molecule has 0 saturated heterocycles. The van der Waals surface area contributed by atoms with Crippen LogP contribution in [0.2, 0.25) is 0 Å².